The molecule has 2 nitrogen and oxygen atoms in total. The van der Waals surface area contributed by atoms with E-state index >= 15 is 0 Å². The molecule has 1 rings (SSSR count). The van der Waals surface area contributed by atoms with Gasteiger partial charge in [-0.3, -0.25) is 4.90 Å². The number of hydrogen-bond acceptors (Lipinski definition) is 2. The van der Waals surface area contributed by atoms with Crippen molar-refractivity contribution in [3.63, 3.8) is 0 Å². The molecule has 0 atom stereocenters. The summed E-state index contributed by atoms with van der Waals surface area (Å²) in [4.78, 5) is 2.23. The molecule has 0 saturated carbocycles. The van der Waals surface area contributed by atoms with Crippen LogP contribution in [0.15, 0.2) is 24.3 Å². The highest BCUT2D eigenvalue weighted by Gasteiger charge is 2.00. The maximum absolute atomic E-state index is 5.60. The second-order valence-corrected chi connectivity index (χ2v) is 4.76. The van der Waals surface area contributed by atoms with E-state index < -0.39 is 0 Å². The summed E-state index contributed by atoms with van der Waals surface area (Å²) in [7, 11) is 2.10. The largest absolute Gasteiger partial charge is 0.491 e. The SMILES string of the molecule is CC(C)Oc1ccc(CCN(C)CBr)cc1. The van der Waals surface area contributed by atoms with E-state index in [0.29, 0.717) is 0 Å². The predicted octanol–water partition coefficient (Wildman–Crippen LogP) is 3.30. The number of halogens is 1. The van der Waals surface area contributed by atoms with Crippen molar-refractivity contribution in [3.05, 3.63) is 29.8 Å². The highest BCUT2D eigenvalue weighted by Crippen LogP contribution is 2.14. The summed E-state index contributed by atoms with van der Waals surface area (Å²) < 4.78 is 5.60. The van der Waals surface area contributed by atoms with Gasteiger partial charge in [0.05, 0.1) is 11.6 Å². The molecule has 0 aliphatic carbocycles. The number of likely N-dealkylation sites (N-methyl/N-ethyl adjacent to an activating group) is 1. The zero-order valence-corrected chi connectivity index (χ0v) is 11.8. The number of alkyl halides is 1. The highest BCUT2D eigenvalue weighted by molar-refractivity contribution is 9.09. The molecule has 0 amide bonds. The summed E-state index contributed by atoms with van der Waals surface area (Å²) in [5.74, 6) is 0.951. The molecule has 1 aromatic carbocycles. The number of hydrogen-bond donors (Lipinski definition) is 0. The van der Waals surface area contributed by atoms with Crippen LogP contribution in [0.5, 0.6) is 5.75 Å². The average molecular weight is 286 g/mol. The maximum atomic E-state index is 5.60. The molecular weight excluding hydrogens is 266 g/mol. The Labute approximate surface area is 107 Å². The third kappa shape index (κ3) is 4.99. The summed E-state index contributed by atoms with van der Waals surface area (Å²) >= 11 is 3.43. The summed E-state index contributed by atoms with van der Waals surface area (Å²) in [5, 5.41) is 0. The Morgan fingerprint density at radius 1 is 1.25 bits per heavy atom. The molecule has 0 spiro atoms. The molecule has 0 radical (unpaired) electrons. The van der Waals surface area contributed by atoms with Gasteiger partial charge in [0, 0.05) is 6.54 Å². The van der Waals surface area contributed by atoms with Gasteiger partial charge in [0.15, 0.2) is 0 Å². The molecule has 0 fully saturated rings. The minimum absolute atomic E-state index is 0.241. The van der Waals surface area contributed by atoms with Crippen LogP contribution in [0.4, 0.5) is 0 Å². The van der Waals surface area contributed by atoms with Crippen molar-refractivity contribution >= 4 is 15.9 Å². The first-order chi connectivity index (χ1) is 7.61. The summed E-state index contributed by atoms with van der Waals surface area (Å²) in [5.41, 5.74) is 2.27. The fourth-order valence-electron chi connectivity index (χ4n) is 1.39. The van der Waals surface area contributed by atoms with Crippen molar-refractivity contribution in [1.82, 2.24) is 4.90 Å². The lowest BCUT2D eigenvalue weighted by Gasteiger charge is -2.13. The van der Waals surface area contributed by atoms with E-state index in [4.69, 9.17) is 4.74 Å². The number of benzene rings is 1. The first kappa shape index (κ1) is 13.5. The molecule has 1 aromatic rings. The molecule has 0 saturated heterocycles. The number of ether oxygens (including phenoxy) is 1. The van der Waals surface area contributed by atoms with E-state index in [2.05, 4.69) is 40.0 Å². The summed E-state index contributed by atoms with van der Waals surface area (Å²) in [6.07, 6.45) is 1.31. The van der Waals surface area contributed by atoms with Gasteiger partial charge in [-0.15, -0.1) is 0 Å². The van der Waals surface area contributed by atoms with Crippen LogP contribution >= 0.6 is 15.9 Å². The van der Waals surface area contributed by atoms with Gasteiger partial charge in [-0.1, -0.05) is 28.1 Å². The monoisotopic (exact) mass is 285 g/mol. The summed E-state index contributed by atoms with van der Waals surface area (Å²) in [6.45, 7) is 5.15. The minimum Gasteiger partial charge on any atom is -0.491 e. The molecule has 16 heavy (non-hydrogen) atoms. The molecule has 0 N–H and O–H groups in total. The van der Waals surface area contributed by atoms with Crippen molar-refractivity contribution in [1.29, 1.82) is 0 Å². The molecule has 0 bridgehead atoms. The van der Waals surface area contributed by atoms with E-state index in [9.17, 15) is 0 Å². The molecular formula is C13H20BrNO. The molecule has 0 aliphatic rings. The van der Waals surface area contributed by atoms with Gasteiger partial charge in [-0.05, 0) is 45.0 Å². The minimum atomic E-state index is 0.241. The lowest BCUT2D eigenvalue weighted by atomic mass is 10.1. The van der Waals surface area contributed by atoms with Gasteiger partial charge in [0.2, 0.25) is 0 Å². The van der Waals surface area contributed by atoms with Gasteiger partial charge in [-0.2, -0.15) is 0 Å². The van der Waals surface area contributed by atoms with Crippen LogP contribution in [0.3, 0.4) is 0 Å². The van der Waals surface area contributed by atoms with Gasteiger partial charge in [-0.25, -0.2) is 0 Å². The molecule has 3 heteroatoms. The topological polar surface area (TPSA) is 12.5 Å². The quantitative estimate of drug-likeness (QED) is 0.587. The Balaban J connectivity index is 2.45. The summed E-state index contributed by atoms with van der Waals surface area (Å²) in [6, 6.07) is 8.37. The Bertz CT molecular complexity index is 297. The zero-order chi connectivity index (χ0) is 12.0. The van der Waals surface area contributed by atoms with Crippen molar-refractivity contribution in [2.24, 2.45) is 0 Å². The van der Waals surface area contributed by atoms with E-state index in [-0.39, 0.29) is 6.10 Å². The van der Waals surface area contributed by atoms with Gasteiger partial charge < -0.3 is 4.74 Å². The molecule has 90 valence electrons. The number of nitrogens with zero attached hydrogens (tertiary/aromatic N) is 1. The second-order valence-electron chi connectivity index (χ2n) is 4.26. The Hall–Kier alpha value is -0.540. The first-order valence-corrected chi connectivity index (χ1v) is 6.74. The second kappa shape index (κ2) is 6.92. The first-order valence-electron chi connectivity index (χ1n) is 5.62. The normalized spacial score (nSPS) is 11.1. The van der Waals surface area contributed by atoms with E-state index in [0.717, 1.165) is 24.2 Å². The van der Waals surface area contributed by atoms with Gasteiger partial charge >= 0.3 is 0 Å². The lowest BCUT2D eigenvalue weighted by Crippen LogP contribution is -2.18. The average Bonchev–Trinajstić information content (AvgIpc) is 2.27. The van der Waals surface area contributed by atoms with E-state index in [1.54, 1.807) is 0 Å². The van der Waals surface area contributed by atoms with Crippen molar-refractivity contribution in [2.45, 2.75) is 26.4 Å². The fourth-order valence-corrected chi connectivity index (χ4v) is 1.64. The standard InChI is InChI=1S/C13H20BrNO/c1-11(2)16-13-6-4-12(5-7-13)8-9-15(3)10-14/h4-7,11H,8-10H2,1-3H3. The Morgan fingerprint density at radius 2 is 1.88 bits per heavy atom. The predicted molar refractivity (Wildman–Crippen MR) is 72.3 cm³/mol. The number of rotatable bonds is 6. The molecule has 0 aliphatic heterocycles. The molecule has 0 unspecified atom stereocenters. The van der Waals surface area contributed by atoms with Gasteiger partial charge in [0.25, 0.3) is 0 Å². The third-order valence-corrected chi connectivity index (χ3v) is 3.14. The van der Waals surface area contributed by atoms with Crippen LogP contribution in [-0.4, -0.2) is 30.1 Å². The van der Waals surface area contributed by atoms with Crippen LogP contribution in [0.1, 0.15) is 19.4 Å². The van der Waals surface area contributed by atoms with Crippen LogP contribution < -0.4 is 4.74 Å². The van der Waals surface area contributed by atoms with Crippen LogP contribution in [0.2, 0.25) is 0 Å². The Kier molecular flexibility index (Phi) is 5.85. The van der Waals surface area contributed by atoms with Gasteiger partial charge in [0.1, 0.15) is 5.75 Å². The van der Waals surface area contributed by atoms with E-state index in [1.807, 2.05) is 26.0 Å². The highest BCUT2D eigenvalue weighted by atomic mass is 79.9. The van der Waals surface area contributed by atoms with Crippen LogP contribution in [0.25, 0.3) is 0 Å². The van der Waals surface area contributed by atoms with Crippen LogP contribution in [0, 0.1) is 0 Å². The lowest BCUT2D eigenvalue weighted by molar-refractivity contribution is 0.242. The van der Waals surface area contributed by atoms with Crippen LogP contribution in [-0.2, 0) is 6.42 Å². The van der Waals surface area contributed by atoms with Crippen molar-refractivity contribution < 1.29 is 4.74 Å². The maximum Gasteiger partial charge on any atom is 0.119 e. The molecule has 0 aromatic heterocycles. The van der Waals surface area contributed by atoms with Crippen molar-refractivity contribution in [3.8, 4) is 5.75 Å². The molecule has 0 heterocycles. The Morgan fingerprint density at radius 3 is 2.38 bits per heavy atom. The third-order valence-electron chi connectivity index (χ3n) is 2.28. The smallest absolute Gasteiger partial charge is 0.119 e. The van der Waals surface area contributed by atoms with E-state index in [1.165, 1.54) is 5.56 Å². The fraction of sp³-hybridized carbons (Fsp3) is 0.538. The van der Waals surface area contributed by atoms with Crippen molar-refractivity contribution in [2.75, 3.05) is 19.0 Å². The zero-order valence-electron chi connectivity index (χ0n) is 10.2.